The predicted molar refractivity (Wildman–Crippen MR) is 66.0 cm³/mol. The minimum Gasteiger partial charge on any atom is -0.439 e. The van der Waals surface area contributed by atoms with E-state index in [0.717, 1.165) is 12.1 Å². The van der Waals surface area contributed by atoms with Crippen LogP contribution in [0.15, 0.2) is 18.2 Å². The molecule has 3 nitrogen and oxygen atoms in total. The first-order valence-corrected chi connectivity index (χ1v) is 6.20. The van der Waals surface area contributed by atoms with E-state index in [1.807, 2.05) is 22.6 Å². The highest BCUT2D eigenvalue weighted by molar-refractivity contribution is 14.1. The van der Waals surface area contributed by atoms with Crippen LogP contribution < -0.4 is 5.32 Å². The Morgan fingerprint density at radius 2 is 2.06 bits per heavy atom. The highest BCUT2D eigenvalue weighted by Crippen LogP contribution is 2.35. The molecule has 1 saturated heterocycles. The summed E-state index contributed by atoms with van der Waals surface area (Å²) in [6.07, 6.45) is -5.70. The summed E-state index contributed by atoms with van der Waals surface area (Å²) in [5.74, 6) is 0. The van der Waals surface area contributed by atoms with Gasteiger partial charge >= 0.3 is 12.3 Å². The molecular weight excluding hydrogens is 362 g/mol. The van der Waals surface area contributed by atoms with Gasteiger partial charge in [0.05, 0.1) is 11.6 Å². The Balaban J connectivity index is 2.41. The van der Waals surface area contributed by atoms with Crippen LogP contribution in [0, 0.1) is 3.57 Å². The van der Waals surface area contributed by atoms with Crippen LogP contribution in [0.25, 0.3) is 0 Å². The summed E-state index contributed by atoms with van der Waals surface area (Å²) in [6.45, 7) is 1.69. The highest BCUT2D eigenvalue weighted by Gasteiger charge is 2.36. The third kappa shape index (κ3) is 2.55. The smallest absolute Gasteiger partial charge is 0.416 e. The lowest BCUT2D eigenvalue weighted by Gasteiger charge is -2.17. The summed E-state index contributed by atoms with van der Waals surface area (Å²) in [7, 11) is 0. The Kier molecular flexibility index (Phi) is 3.43. The van der Waals surface area contributed by atoms with Gasteiger partial charge in [0.2, 0.25) is 0 Å². The quantitative estimate of drug-likeness (QED) is 0.768. The summed E-state index contributed by atoms with van der Waals surface area (Å²) >= 11 is 1.93. The molecular formula is C11H9F3INO2. The molecule has 1 N–H and O–H groups in total. The second kappa shape index (κ2) is 4.60. The zero-order valence-electron chi connectivity index (χ0n) is 9.22. The van der Waals surface area contributed by atoms with Gasteiger partial charge in [-0.3, -0.25) is 0 Å². The van der Waals surface area contributed by atoms with E-state index in [-0.39, 0.29) is 6.04 Å². The standard InChI is InChI=1S/C11H9F3INO2/c1-5-9(18-10(17)16-5)7-4-6(11(12,13)14)2-3-8(7)15/h2-5,9H,1H3,(H,16,17)/t5-,9-/m0/s1. The monoisotopic (exact) mass is 371 g/mol. The number of rotatable bonds is 1. The number of halogens is 4. The van der Waals surface area contributed by atoms with Crippen molar-refractivity contribution >= 4 is 28.7 Å². The molecule has 0 aliphatic carbocycles. The molecule has 1 fully saturated rings. The van der Waals surface area contributed by atoms with Gasteiger partial charge in [0, 0.05) is 9.13 Å². The van der Waals surface area contributed by atoms with Crippen LogP contribution in [-0.4, -0.2) is 12.1 Å². The van der Waals surface area contributed by atoms with Gasteiger partial charge in [-0.1, -0.05) is 0 Å². The van der Waals surface area contributed by atoms with Crippen LogP contribution >= 0.6 is 22.6 Å². The molecule has 1 aliphatic rings. The molecule has 1 heterocycles. The van der Waals surface area contributed by atoms with E-state index in [0.29, 0.717) is 9.13 Å². The molecule has 2 atom stereocenters. The number of cyclic esters (lactones) is 1. The van der Waals surface area contributed by atoms with E-state index in [1.165, 1.54) is 6.07 Å². The van der Waals surface area contributed by atoms with Gasteiger partial charge in [0.25, 0.3) is 0 Å². The number of amides is 1. The third-order valence-electron chi connectivity index (χ3n) is 2.66. The van der Waals surface area contributed by atoms with Gasteiger partial charge in [-0.05, 0) is 47.7 Å². The molecule has 1 aliphatic heterocycles. The maximum absolute atomic E-state index is 12.6. The molecule has 0 spiro atoms. The first kappa shape index (κ1) is 13.4. The van der Waals surface area contributed by atoms with Crippen molar-refractivity contribution in [2.75, 3.05) is 0 Å². The number of carbonyl (C=O) groups is 1. The van der Waals surface area contributed by atoms with Crippen molar-refractivity contribution < 1.29 is 22.7 Å². The number of alkyl carbamates (subject to hydrolysis) is 1. The molecule has 0 aromatic heterocycles. The molecule has 98 valence electrons. The molecule has 2 rings (SSSR count). The van der Waals surface area contributed by atoms with Gasteiger partial charge < -0.3 is 10.1 Å². The molecule has 7 heteroatoms. The van der Waals surface area contributed by atoms with Crippen molar-refractivity contribution in [1.82, 2.24) is 5.32 Å². The van der Waals surface area contributed by atoms with Crippen molar-refractivity contribution in [3.8, 4) is 0 Å². The van der Waals surface area contributed by atoms with E-state index in [9.17, 15) is 18.0 Å². The molecule has 1 aromatic carbocycles. The lowest BCUT2D eigenvalue weighted by Crippen LogP contribution is -2.24. The summed E-state index contributed by atoms with van der Waals surface area (Å²) in [4.78, 5) is 11.1. The lowest BCUT2D eigenvalue weighted by atomic mass is 10.0. The first-order chi connectivity index (χ1) is 8.29. The second-order valence-corrected chi connectivity index (χ2v) is 5.16. The topological polar surface area (TPSA) is 38.3 Å². The van der Waals surface area contributed by atoms with E-state index in [2.05, 4.69) is 5.32 Å². The zero-order chi connectivity index (χ0) is 13.5. The van der Waals surface area contributed by atoms with Gasteiger partial charge in [0.15, 0.2) is 0 Å². The molecule has 0 radical (unpaired) electrons. The summed E-state index contributed by atoms with van der Waals surface area (Å²) < 4.78 is 43.5. The van der Waals surface area contributed by atoms with Crippen LogP contribution in [0.3, 0.4) is 0 Å². The number of alkyl halides is 3. The Hall–Kier alpha value is -0.990. The predicted octanol–water partition coefficient (Wildman–Crippen LogP) is 3.48. The first-order valence-electron chi connectivity index (χ1n) is 5.13. The number of benzene rings is 1. The Bertz CT molecular complexity index is 490. The van der Waals surface area contributed by atoms with Crippen LogP contribution in [0.2, 0.25) is 0 Å². The fourth-order valence-electron chi connectivity index (χ4n) is 1.78. The normalized spacial score (nSPS) is 23.7. The number of carbonyl (C=O) groups excluding carboxylic acids is 1. The van der Waals surface area contributed by atoms with Crippen molar-refractivity contribution in [3.63, 3.8) is 0 Å². The van der Waals surface area contributed by atoms with Crippen LogP contribution in [0.5, 0.6) is 0 Å². The average molecular weight is 371 g/mol. The number of nitrogens with one attached hydrogen (secondary N) is 1. The Labute approximate surface area is 115 Å². The maximum atomic E-state index is 12.6. The van der Waals surface area contributed by atoms with Crippen LogP contribution in [0.1, 0.15) is 24.2 Å². The SMILES string of the molecule is C[C@@H]1NC(=O)O[C@@H]1c1cc(C(F)(F)F)ccc1I. The summed E-state index contributed by atoms with van der Waals surface area (Å²) in [5, 5.41) is 2.50. The molecule has 1 aromatic rings. The fourth-order valence-corrected chi connectivity index (χ4v) is 2.43. The molecule has 0 unspecified atom stereocenters. The summed E-state index contributed by atoms with van der Waals surface area (Å²) in [5.41, 5.74) is -0.371. The third-order valence-corrected chi connectivity index (χ3v) is 3.65. The number of hydrogen-bond donors (Lipinski definition) is 1. The van der Waals surface area contributed by atoms with Crippen molar-refractivity contribution in [1.29, 1.82) is 0 Å². The van der Waals surface area contributed by atoms with E-state index < -0.39 is 23.9 Å². The maximum Gasteiger partial charge on any atom is 0.416 e. The average Bonchev–Trinajstić information content (AvgIpc) is 2.56. The number of hydrogen-bond acceptors (Lipinski definition) is 2. The van der Waals surface area contributed by atoms with Crippen LogP contribution in [-0.2, 0) is 10.9 Å². The highest BCUT2D eigenvalue weighted by atomic mass is 127. The van der Waals surface area contributed by atoms with Gasteiger partial charge in [0.1, 0.15) is 6.10 Å². The van der Waals surface area contributed by atoms with Gasteiger partial charge in [-0.25, -0.2) is 4.79 Å². The largest absolute Gasteiger partial charge is 0.439 e. The van der Waals surface area contributed by atoms with E-state index in [4.69, 9.17) is 4.74 Å². The molecule has 0 bridgehead atoms. The zero-order valence-corrected chi connectivity index (χ0v) is 11.4. The Morgan fingerprint density at radius 3 is 2.56 bits per heavy atom. The van der Waals surface area contributed by atoms with Gasteiger partial charge in [-0.15, -0.1) is 0 Å². The van der Waals surface area contributed by atoms with Crippen molar-refractivity contribution in [3.05, 3.63) is 32.9 Å². The van der Waals surface area contributed by atoms with E-state index in [1.54, 1.807) is 6.92 Å². The molecule has 1 amide bonds. The van der Waals surface area contributed by atoms with Crippen LogP contribution in [0.4, 0.5) is 18.0 Å². The molecule has 0 saturated carbocycles. The van der Waals surface area contributed by atoms with Gasteiger partial charge in [-0.2, -0.15) is 13.2 Å². The minimum atomic E-state index is -4.40. The van der Waals surface area contributed by atoms with E-state index >= 15 is 0 Å². The second-order valence-electron chi connectivity index (χ2n) is 3.99. The molecule has 18 heavy (non-hydrogen) atoms. The lowest BCUT2D eigenvalue weighted by molar-refractivity contribution is -0.137. The fraction of sp³-hybridized carbons (Fsp3) is 0.364. The number of ether oxygens (including phenoxy) is 1. The van der Waals surface area contributed by atoms with Crippen molar-refractivity contribution in [2.45, 2.75) is 25.2 Å². The summed E-state index contributed by atoms with van der Waals surface area (Å²) in [6, 6.07) is 3.07. The minimum absolute atomic E-state index is 0.352. The van der Waals surface area contributed by atoms with Crippen molar-refractivity contribution in [2.24, 2.45) is 0 Å². The Morgan fingerprint density at radius 1 is 1.39 bits per heavy atom.